The average molecular weight is 379 g/mol. The molecule has 0 spiro atoms. The van der Waals surface area contributed by atoms with Gasteiger partial charge in [0, 0.05) is 15.5 Å². The third-order valence-electron chi connectivity index (χ3n) is 2.61. The summed E-state index contributed by atoms with van der Waals surface area (Å²) in [7, 11) is 0. The molecule has 0 unspecified atom stereocenters. The Morgan fingerprint density at radius 1 is 1.43 bits per heavy atom. The van der Waals surface area contributed by atoms with Crippen molar-refractivity contribution in [1.82, 2.24) is 10.3 Å². The van der Waals surface area contributed by atoms with Gasteiger partial charge in [0.15, 0.2) is 0 Å². The highest BCUT2D eigenvalue weighted by Crippen LogP contribution is 2.31. The molecule has 0 atom stereocenters. The molecule has 0 radical (unpaired) electrons. The maximum atomic E-state index is 12.7. The Bertz CT molecular complexity index is 670. The third-order valence-corrected chi connectivity index (χ3v) is 4.21. The fraction of sp³-hybridized carbons (Fsp3) is 0.231. The molecule has 0 aliphatic heterocycles. The fourth-order valence-electron chi connectivity index (χ4n) is 1.61. The van der Waals surface area contributed by atoms with Crippen LogP contribution < -0.4 is 5.32 Å². The van der Waals surface area contributed by atoms with E-state index in [0.29, 0.717) is 9.48 Å². The standard InChI is InChI=1S/C13H10BrF3N2OS/c1-7-5-18-11(21-7)6-19-12(20)9-4-8(13(15,16)17)2-3-10(9)14/h2-5H,6H2,1H3,(H,19,20). The first-order valence-corrected chi connectivity index (χ1v) is 7.44. The van der Waals surface area contributed by atoms with Crippen molar-refractivity contribution in [1.29, 1.82) is 0 Å². The van der Waals surface area contributed by atoms with Gasteiger partial charge in [0.05, 0.1) is 17.7 Å². The van der Waals surface area contributed by atoms with Crippen LogP contribution in [0.3, 0.4) is 0 Å². The van der Waals surface area contributed by atoms with Crippen LogP contribution >= 0.6 is 27.3 Å². The lowest BCUT2D eigenvalue weighted by Gasteiger charge is -2.10. The lowest BCUT2D eigenvalue weighted by molar-refractivity contribution is -0.137. The number of carbonyl (C=O) groups excluding carboxylic acids is 1. The van der Waals surface area contributed by atoms with Crippen LogP contribution in [0.1, 0.15) is 25.8 Å². The smallest absolute Gasteiger partial charge is 0.345 e. The van der Waals surface area contributed by atoms with E-state index in [0.717, 1.165) is 17.0 Å². The molecule has 1 N–H and O–H groups in total. The van der Waals surface area contributed by atoms with Crippen LogP contribution in [0, 0.1) is 6.92 Å². The number of aromatic nitrogens is 1. The highest BCUT2D eigenvalue weighted by Gasteiger charge is 2.31. The van der Waals surface area contributed by atoms with Crippen LogP contribution in [0.25, 0.3) is 0 Å². The molecule has 0 aliphatic carbocycles. The van der Waals surface area contributed by atoms with E-state index in [-0.39, 0.29) is 12.1 Å². The summed E-state index contributed by atoms with van der Waals surface area (Å²) in [4.78, 5) is 17.1. The zero-order chi connectivity index (χ0) is 15.6. The Kier molecular flexibility index (Phi) is 4.67. The van der Waals surface area contributed by atoms with Gasteiger partial charge in [-0.2, -0.15) is 13.2 Å². The molecular weight excluding hydrogens is 369 g/mol. The number of benzene rings is 1. The second-order valence-electron chi connectivity index (χ2n) is 4.24. The van der Waals surface area contributed by atoms with Crippen molar-refractivity contribution in [3.05, 3.63) is 49.9 Å². The number of halogens is 4. The maximum absolute atomic E-state index is 12.7. The van der Waals surface area contributed by atoms with Crippen molar-refractivity contribution >= 4 is 33.2 Å². The molecule has 0 saturated heterocycles. The zero-order valence-corrected chi connectivity index (χ0v) is 13.2. The van der Waals surface area contributed by atoms with Gasteiger partial charge < -0.3 is 5.32 Å². The summed E-state index contributed by atoms with van der Waals surface area (Å²) in [6, 6.07) is 2.96. The lowest BCUT2D eigenvalue weighted by atomic mass is 10.1. The van der Waals surface area contributed by atoms with Gasteiger partial charge in [-0.15, -0.1) is 11.3 Å². The van der Waals surface area contributed by atoms with E-state index in [4.69, 9.17) is 0 Å². The molecule has 0 saturated carbocycles. The summed E-state index contributed by atoms with van der Waals surface area (Å²) in [5.74, 6) is -0.583. The van der Waals surface area contributed by atoms with E-state index < -0.39 is 17.6 Å². The SMILES string of the molecule is Cc1cnc(CNC(=O)c2cc(C(F)(F)F)ccc2Br)s1. The first kappa shape index (κ1) is 16.0. The number of carbonyl (C=O) groups is 1. The molecule has 2 rings (SSSR count). The van der Waals surface area contributed by atoms with E-state index in [1.54, 1.807) is 6.20 Å². The predicted molar refractivity (Wildman–Crippen MR) is 77.2 cm³/mol. The molecule has 1 aromatic carbocycles. The number of thiazole rings is 1. The van der Waals surface area contributed by atoms with Crippen LogP contribution in [0.4, 0.5) is 13.2 Å². The third kappa shape index (κ3) is 4.04. The number of aryl methyl sites for hydroxylation is 1. The van der Waals surface area contributed by atoms with Crippen molar-refractivity contribution in [3.63, 3.8) is 0 Å². The molecule has 0 bridgehead atoms. The highest BCUT2D eigenvalue weighted by atomic mass is 79.9. The molecule has 3 nitrogen and oxygen atoms in total. The summed E-state index contributed by atoms with van der Waals surface area (Å²) in [6.45, 7) is 2.06. The number of nitrogens with zero attached hydrogens (tertiary/aromatic N) is 1. The number of alkyl halides is 3. The minimum Gasteiger partial charge on any atom is -0.345 e. The summed E-state index contributed by atoms with van der Waals surface area (Å²) < 4.78 is 38.3. The zero-order valence-electron chi connectivity index (χ0n) is 10.8. The van der Waals surface area contributed by atoms with Gasteiger partial charge in [0.1, 0.15) is 5.01 Å². The van der Waals surface area contributed by atoms with Crippen LogP contribution in [-0.4, -0.2) is 10.9 Å². The highest BCUT2D eigenvalue weighted by molar-refractivity contribution is 9.10. The van der Waals surface area contributed by atoms with E-state index in [9.17, 15) is 18.0 Å². The molecular formula is C13H10BrF3N2OS. The van der Waals surface area contributed by atoms with Crippen LogP contribution in [0.15, 0.2) is 28.9 Å². The number of hydrogen-bond donors (Lipinski definition) is 1. The minimum absolute atomic E-state index is 0.0573. The molecule has 0 fully saturated rings. The molecule has 21 heavy (non-hydrogen) atoms. The van der Waals surface area contributed by atoms with Crippen LogP contribution in [0.5, 0.6) is 0 Å². The minimum atomic E-state index is -4.48. The summed E-state index contributed by atoms with van der Waals surface area (Å²) in [6.07, 6.45) is -2.81. The van der Waals surface area contributed by atoms with Gasteiger partial charge >= 0.3 is 6.18 Å². The van der Waals surface area contributed by atoms with E-state index in [1.807, 2.05) is 6.92 Å². The molecule has 0 aliphatic rings. The summed E-state index contributed by atoms with van der Waals surface area (Å²) >= 11 is 4.51. The number of amides is 1. The number of rotatable bonds is 3. The normalized spacial score (nSPS) is 11.5. The number of hydrogen-bond acceptors (Lipinski definition) is 3. The average Bonchev–Trinajstić information content (AvgIpc) is 2.81. The van der Waals surface area contributed by atoms with Gasteiger partial charge in [-0.25, -0.2) is 4.98 Å². The predicted octanol–water partition coefficient (Wildman–Crippen LogP) is 4.16. The Morgan fingerprint density at radius 2 is 2.14 bits per heavy atom. The van der Waals surface area contributed by atoms with E-state index in [1.165, 1.54) is 17.4 Å². The van der Waals surface area contributed by atoms with Crippen molar-refractivity contribution < 1.29 is 18.0 Å². The second kappa shape index (κ2) is 6.15. The van der Waals surface area contributed by atoms with E-state index >= 15 is 0 Å². The van der Waals surface area contributed by atoms with Crippen molar-refractivity contribution in [3.8, 4) is 0 Å². The summed E-state index contributed by atoms with van der Waals surface area (Å²) in [5, 5.41) is 3.26. The van der Waals surface area contributed by atoms with Gasteiger partial charge in [0.2, 0.25) is 0 Å². The van der Waals surface area contributed by atoms with Gasteiger partial charge in [-0.3, -0.25) is 4.79 Å². The molecule has 2 aromatic rings. The Morgan fingerprint density at radius 3 is 2.71 bits per heavy atom. The van der Waals surface area contributed by atoms with Crippen molar-refractivity contribution in [2.45, 2.75) is 19.6 Å². The molecule has 1 heterocycles. The Balaban J connectivity index is 2.15. The first-order chi connectivity index (χ1) is 9.77. The van der Waals surface area contributed by atoms with Crippen LogP contribution in [-0.2, 0) is 12.7 Å². The topological polar surface area (TPSA) is 42.0 Å². The summed E-state index contributed by atoms with van der Waals surface area (Å²) in [5.41, 5.74) is -0.918. The fourth-order valence-corrected chi connectivity index (χ4v) is 2.76. The van der Waals surface area contributed by atoms with E-state index in [2.05, 4.69) is 26.2 Å². The molecule has 112 valence electrons. The first-order valence-electron chi connectivity index (χ1n) is 5.83. The maximum Gasteiger partial charge on any atom is 0.416 e. The lowest BCUT2D eigenvalue weighted by Crippen LogP contribution is -2.23. The van der Waals surface area contributed by atoms with Crippen molar-refractivity contribution in [2.75, 3.05) is 0 Å². The molecule has 1 amide bonds. The van der Waals surface area contributed by atoms with Crippen LogP contribution in [0.2, 0.25) is 0 Å². The molecule has 8 heteroatoms. The van der Waals surface area contributed by atoms with Crippen molar-refractivity contribution in [2.24, 2.45) is 0 Å². The van der Waals surface area contributed by atoms with Gasteiger partial charge in [-0.05, 0) is 41.1 Å². The second-order valence-corrected chi connectivity index (χ2v) is 6.41. The number of nitrogens with one attached hydrogen (secondary N) is 1. The van der Waals surface area contributed by atoms with Gasteiger partial charge in [-0.1, -0.05) is 0 Å². The molecule has 1 aromatic heterocycles. The Hall–Kier alpha value is -1.41. The Labute approximate surface area is 131 Å². The monoisotopic (exact) mass is 378 g/mol. The quantitative estimate of drug-likeness (QED) is 0.870. The largest absolute Gasteiger partial charge is 0.416 e. The van der Waals surface area contributed by atoms with Gasteiger partial charge in [0.25, 0.3) is 5.91 Å².